The lowest BCUT2D eigenvalue weighted by Gasteiger charge is -2.25. The van der Waals surface area contributed by atoms with Crippen molar-refractivity contribution in [1.29, 1.82) is 0 Å². The van der Waals surface area contributed by atoms with Crippen molar-refractivity contribution in [3.8, 4) is 5.75 Å². The Labute approximate surface area is 202 Å². The summed E-state index contributed by atoms with van der Waals surface area (Å²) in [6.45, 7) is 5.04. The van der Waals surface area contributed by atoms with Gasteiger partial charge < -0.3 is 15.2 Å². The Morgan fingerprint density at radius 1 is 1.09 bits per heavy atom. The summed E-state index contributed by atoms with van der Waals surface area (Å²) < 4.78 is 5.36. The van der Waals surface area contributed by atoms with E-state index in [4.69, 9.17) is 4.74 Å². The van der Waals surface area contributed by atoms with Gasteiger partial charge in [0.2, 0.25) is 5.91 Å². The fraction of sp³-hybridized carbons (Fsp3) is 0.185. The third-order valence-electron chi connectivity index (χ3n) is 5.91. The van der Waals surface area contributed by atoms with Crippen LogP contribution in [0, 0.1) is 13.8 Å². The van der Waals surface area contributed by atoms with Crippen LogP contribution in [0.25, 0.3) is 5.76 Å². The summed E-state index contributed by atoms with van der Waals surface area (Å²) in [4.78, 5) is 43.4. The minimum absolute atomic E-state index is 0.0263. The van der Waals surface area contributed by atoms with E-state index in [0.717, 1.165) is 5.56 Å². The second kappa shape index (κ2) is 9.42. The van der Waals surface area contributed by atoms with Crippen LogP contribution in [0.5, 0.6) is 5.75 Å². The standard InChI is InChI=1S/C27H25N3O5/c1-15-13-22(35-4)16(2)12-21(15)25(32)23-24(18-6-5-11-28-14-18)30(27(34)26(23)33)20-9-7-19(8-10-20)29-17(3)31/h5-14,24,32H,1-4H3,(H,29,31)/b25-23+. The Morgan fingerprint density at radius 2 is 1.80 bits per heavy atom. The number of hydrogen-bond donors (Lipinski definition) is 2. The number of carbonyl (C=O) groups is 3. The zero-order valence-corrected chi connectivity index (χ0v) is 19.8. The molecule has 178 valence electrons. The minimum Gasteiger partial charge on any atom is -0.507 e. The first-order chi connectivity index (χ1) is 16.7. The summed E-state index contributed by atoms with van der Waals surface area (Å²) in [5.74, 6) is -1.40. The molecule has 2 aromatic carbocycles. The molecule has 0 spiro atoms. The van der Waals surface area contributed by atoms with E-state index in [9.17, 15) is 19.5 Å². The molecule has 8 heteroatoms. The van der Waals surface area contributed by atoms with Gasteiger partial charge in [0.05, 0.1) is 18.7 Å². The molecule has 35 heavy (non-hydrogen) atoms. The number of ether oxygens (including phenoxy) is 1. The number of aliphatic hydroxyl groups is 1. The number of amides is 2. The first-order valence-electron chi connectivity index (χ1n) is 11.0. The van der Waals surface area contributed by atoms with Crippen molar-refractivity contribution in [1.82, 2.24) is 4.98 Å². The molecule has 4 rings (SSSR count). The highest BCUT2D eigenvalue weighted by molar-refractivity contribution is 6.51. The van der Waals surface area contributed by atoms with Gasteiger partial charge in [-0.2, -0.15) is 0 Å². The van der Waals surface area contributed by atoms with E-state index >= 15 is 0 Å². The van der Waals surface area contributed by atoms with Crippen molar-refractivity contribution in [2.24, 2.45) is 0 Å². The number of hydrogen-bond acceptors (Lipinski definition) is 6. The van der Waals surface area contributed by atoms with Crippen LogP contribution in [0.2, 0.25) is 0 Å². The molecule has 0 radical (unpaired) electrons. The molecule has 8 nitrogen and oxygen atoms in total. The summed E-state index contributed by atoms with van der Waals surface area (Å²) in [5, 5.41) is 14.1. The van der Waals surface area contributed by atoms with Crippen molar-refractivity contribution in [2.45, 2.75) is 26.8 Å². The van der Waals surface area contributed by atoms with E-state index in [-0.39, 0.29) is 17.2 Å². The predicted molar refractivity (Wildman–Crippen MR) is 132 cm³/mol. The van der Waals surface area contributed by atoms with Crippen LogP contribution in [0.3, 0.4) is 0 Å². The Hall–Kier alpha value is -4.46. The number of aliphatic hydroxyl groups excluding tert-OH is 1. The summed E-state index contributed by atoms with van der Waals surface area (Å²) >= 11 is 0. The average Bonchev–Trinajstić information content (AvgIpc) is 3.11. The van der Waals surface area contributed by atoms with Crippen molar-refractivity contribution in [2.75, 3.05) is 17.3 Å². The number of nitrogens with zero attached hydrogens (tertiary/aromatic N) is 2. The molecule has 1 saturated heterocycles. The average molecular weight is 472 g/mol. The van der Waals surface area contributed by atoms with Crippen LogP contribution in [0.4, 0.5) is 11.4 Å². The first kappa shape index (κ1) is 23.7. The van der Waals surface area contributed by atoms with Gasteiger partial charge in [0.15, 0.2) is 0 Å². The highest BCUT2D eigenvalue weighted by atomic mass is 16.5. The molecule has 1 unspecified atom stereocenters. The van der Waals surface area contributed by atoms with Crippen molar-refractivity contribution >= 4 is 34.7 Å². The topological polar surface area (TPSA) is 109 Å². The zero-order valence-electron chi connectivity index (χ0n) is 19.8. The summed E-state index contributed by atoms with van der Waals surface area (Å²) in [6.07, 6.45) is 3.16. The lowest BCUT2D eigenvalue weighted by molar-refractivity contribution is -0.132. The minimum atomic E-state index is -0.892. The van der Waals surface area contributed by atoms with E-state index < -0.39 is 17.7 Å². The SMILES string of the molecule is COc1cc(C)c(/C(O)=C2\C(=O)C(=O)N(c3ccc(NC(C)=O)cc3)C2c2cccnc2)cc1C. The number of ketones is 1. The number of pyridine rings is 1. The van der Waals surface area contributed by atoms with Crippen LogP contribution >= 0.6 is 0 Å². The molecule has 3 aromatic rings. The molecule has 2 heterocycles. The predicted octanol–water partition coefficient (Wildman–Crippen LogP) is 4.29. The molecular weight excluding hydrogens is 446 g/mol. The van der Waals surface area contributed by atoms with E-state index in [1.807, 2.05) is 6.92 Å². The number of aromatic nitrogens is 1. The van der Waals surface area contributed by atoms with E-state index in [1.165, 1.54) is 11.8 Å². The fourth-order valence-corrected chi connectivity index (χ4v) is 4.27. The normalized spacial score (nSPS) is 16.9. The van der Waals surface area contributed by atoms with Crippen molar-refractivity contribution < 1.29 is 24.2 Å². The number of benzene rings is 2. The molecule has 1 aliphatic heterocycles. The lowest BCUT2D eigenvalue weighted by Crippen LogP contribution is -2.29. The number of nitrogens with one attached hydrogen (secondary N) is 1. The molecule has 2 N–H and O–H groups in total. The quantitative estimate of drug-likeness (QED) is 0.326. The summed E-state index contributed by atoms with van der Waals surface area (Å²) in [6, 6.07) is 12.7. The maximum atomic E-state index is 13.3. The first-order valence-corrected chi connectivity index (χ1v) is 11.0. The number of aryl methyl sites for hydroxylation is 2. The molecule has 1 aromatic heterocycles. The smallest absolute Gasteiger partial charge is 0.300 e. The maximum absolute atomic E-state index is 13.3. The van der Waals surface area contributed by atoms with Gasteiger partial charge in [-0.25, -0.2) is 0 Å². The Morgan fingerprint density at radius 3 is 2.40 bits per heavy atom. The number of anilines is 2. The van der Waals surface area contributed by atoms with E-state index in [2.05, 4.69) is 10.3 Å². The molecule has 0 aliphatic carbocycles. The third-order valence-corrected chi connectivity index (χ3v) is 5.91. The zero-order chi connectivity index (χ0) is 25.3. The summed E-state index contributed by atoms with van der Waals surface area (Å²) in [5.41, 5.74) is 3.46. The molecule has 1 aliphatic rings. The number of methoxy groups -OCH3 is 1. The van der Waals surface area contributed by atoms with Crippen molar-refractivity contribution in [3.63, 3.8) is 0 Å². The Kier molecular flexibility index (Phi) is 6.38. The van der Waals surface area contributed by atoms with Crippen LogP contribution in [-0.2, 0) is 14.4 Å². The lowest BCUT2D eigenvalue weighted by atomic mass is 9.93. The van der Waals surface area contributed by atoms with Crippen LogP contribution < -0.4 is 15.0 Å². The number of rotatable bonds is 5. The van der Waals surface area contributed by atoms with Gasteiger partial charge in [0.1, 0.15) is 11.5 Å². The molecular formula is C27H25N3O5. The van der Waals surface area contributed by atoms with Gasteiger partial charge >= 0.3 is 0 Å². The van der Waals surface area contributed by atoms with Crippen LogP contribution in [0.1, 0.15) is 35.2 Å². The van der Waals surface area contributed by atoms with E-state index in [1.54, 1.807) is 75.0 Å². The maximum Gasteiger partial charge on any atom is 0.300 e. The van der Waals surface area contributed by atoms with Gasteiger partial charge in [-0.3, -0.25) is 24.3 Å². The molecule has 2 amide bonds. The molecule has 0 saturated carbocycles. The van der Waals surface area contributed by atoms with Crippen molar-refractivity contribution in [3.05, 3.63) is 88.8 Å². The van der Waals surface area contributed by atoms with Gasteiger partial charge in [-0.05, 0) is 73.0 Å². The highest BCUT2D eigenvalue weighted by Crippen LogP contribution is 2.43. The van der Waals surface area contributed by atoms with Gasteiger partial charge in [0.25, 0.3) is 11.7 Å². The molecule has 0 bridgehead atoms. The van der Waals surface area contributed by atoms with Crippen LogP contribution in [0.15, 0.2) is 66.5 Å². The highest BCUT2D eigenvalue weighted by Gasteiger charge is 2.47. The number of carbonyl (C=O) groups excluding carboxylic acids is 3. The fourth-order valence-electron chi connectivity index (χ4n) is 4.27. The largest absolute Gasteiger partial charge is 0.507 e. The Balaban J connectivity index is 1.89. The van der Waals surface area contributed by atoms with Gasteiger partial charge in [-0.1, -0.05) is 6.07 Å². The van der Waals surface area contributed by atoms with Crippen LogP contribution in [-0.4, -0.2) is 34.8 Å². The second-order valence-electron chi connectivity index (χ2n) is 8.32. The molecule has 1 atom stereocenters. The monoisotopic (exact) mass is 471 g/mol. The van der Waals surface area contributed by atoms with Gasteiger partial charge in [-0.15, -0.1) is 0 Å². The second-order valence-corrected chi connectivity index (χ2v) is 8.32. The van der Waals surface area contributed by atoms with Gasteiger partial charge in [0, 0.05) is 36.3 Å². The third kappa shape index (κ3) is 4.38. The number of Topliss-reactive ketones (excluding diaryl/α,β-unsaturated/α-hetero) is 1. The Bertz CT molecular complexity index is 1350. The van der Waals surface area contributed by atoms with E-state index in [0.29, 0.717) is 33.8 Å². The summed E-state index contributed by atoms with van der Waals surface area (Å²) in [7, 11) is 1.56. The molecule has 1 fully saturated rings.